The normalized spacial score (nSPS) is 10.1. The van der Waals surface area contributed by atoms with Gasteiger partial charge in [0.25, 0.3) is 0 Å². The van der Waals surface area contributed by atoms with Gasteiger partial charge in [0.1, 0.15) is 0 Å². The van der Waals surface area contributed by atoms with E-state index in [1.807, 2.05) is 19.1 Å². The Balaban J connectivity index is 2.29. The Hall–Kier alpha value is -1.42. The van der Waals surface area contributed by atoms with E-state index in [0.29, 0.717) is 19.4 Å². The second kappa shape index (κ2) is 6.95. The molecule has 0 aliphatic carbocycles. The summed E-state index contributed by atoms with van der Waals surface area (Å²) in [4.78, 5) is 15.6. The van der Waals surface area contributed by atoms with Crippen LogP contribution in [0.1, 0.15) is 30.5 Å². The first kappa shape index (κ1) is 12.6. The molecule has 4 heteroatoms. The van der Waals surface area contributed by atoms with E-state index in [1.54, 1.807) is 6.20 Å². The van der Waals surface area contributed by atoms with Crippen LogP contribution in [0, 0.1) is 6.92 Å². The standard InChI is InChI=1S/C12H18N2O2/c1-10-5-4-7-13-11(10)9-14-12(16)6-2-3-8-15/h4-5,7,15H,2-3,6,8-9H2,1H3,(H,14,16). The number of unbranched alkanes of at least 4 members (excludes halogenated alkanes) is 1. The molecule has 0 aliphatic heterocycles. The van der Waals surface area contributed by atoms with Gasteiger partial charge in [0, 0.05) is 19.2 Å². The molecule has 88 valence electrons. The number of aliphatic hydroxyl groups is 1. The first-order valence-electron chi connectivity index (χ1n) is 5.52. The Bertz CT molecular complexity index is 340. The fraction of sp³-hybridized carbons (Fsp3) is 0.500. The maximum atomic E-state index is 11.4. The lowest BCUT2D eigenvalue weighted by Crippen LogP contribution is -2.23. The van der Waals surface area contributed by atoms with Gasteiger partial charge in [0.2, 0.25) is 5.91 Å². The molecule has 2 N–H and O–H groups in total. The minimum atomic E-state index is 0.0125. The number of hydrogen-bond acceptors (Lipinski definition) is 3. The zero-order chi connectivity index (χ0) is 11.8. The van der Waals surface area contributed by atoms with Crippen LogP contribution in [-0.2, 0) is 11.3 Å². The summed E-state index contributed by atoms with van der Waals surface area (Å²) in [5.41, 5.74) is 1.98. The minimum Gasteiger partial charge on any atom is -0.396 e. The number of pyridine rings is 1. The summed E-state index contributed by atoms with van der Waals surface area (Å²) in [5, 5.41) is 11.4. The Morgan fingerprint density at radius 3 is 3.00 bits per heavy atom. The molecule has 0 bridgehead atoms. The first-order chi connectivity index (χ1) is 7.74. The van der Waals surface area contributed by atoms with Crippen LogP contribution in [0.15, 0.2) is 18.3 Å². The Morgan fingerprint density at radius 2 is 2.31 bits per heavy atom. The second-order valence-electron chi connectivity index (χ2n) is 3.72. The smallest absolute Gasteiger partial charge is 0.220 e. The predicted octanol–water partition coefficient (Wildman–Crippen LogP) is 1.17. The highest BCUT2D eigenvalue weighted by atomic mass is 16.2. The van der Waals surface area contributed by atoms with Gasteiger partial charge in [-0.3, -0.25) is 9.78 Å². The average molecular weight is 222 g/mol. The van der Waals surface area contributed by atoms with Gasteiger partial charge in [-0.15, -0.1) is 0 Å². The lowest BCUT2D eigenvalue weighted by Gasteiger charge is -2.06. The minimum absolute atomic E-state index is 0.0125. The Labute approximate surface area is 95.7 Å². The SMILES string of the molecule is Cc1cccnc1CNC(=O)CCCCO. The molecule has 0 unspecified atom stereocenters. The van der Waals surface area contributed by atoms with Crippen LogP contribution in [0.4, 0.5) is 0 Å². The third-order valence-electron chi connectivity index (χ3n) is 2.38. The van der Waals surface area contributed by atoms with Crippen molar-refractivity contribution in [2.45, 2.75) is 32.7 Å². The van der Waals surface area contributed by atoms with E-state index in [-0.39, 0.29) is 12.5 Å². The molecular weight excluding hydrogens is 204 g/mol. The van der Waals surface area contributed by atoms with E-state index in [9.17, 15) is 4.79 Å². The second-order valence-corrected chi connectivity index (χ2v) is 3.72. The molecule has 0 fully saturated rings. The third kappa shape index (κ3) is 4.40. The molecule has 0 saturated heterocycles. The Morgan fingerprint density at radius 1 is 1.50 bits per heavy atom. The summed E-state index contributed by atoms with van der Waals surface area (Å²) in [6.07, 6.45) is 3.59. The number of nitrogens with one attached hydrogen (secondary N) is 1. The molecule has 0 atom stereocenters. The molecule has 1 amide bonds. The highest BCUT2D eigenvalue weighted by molar-refractivity contribution is 5.75. The summed E-state index contributed by atoms with van der Waals surface area (Å²) >= 11 is 0. The van der Waals surface area contributed by atoms with Gasteiger partial charge < -0.3 is 10.4 Å². The van der Waals surface area contributed by atoms with E-state index in [1.165, 1.54) is 0 Å². The van der Waals surface area contributed by atoms with Gasteiger partial charge in [0.05, 0.1) is 12.2 Å². The van der Waals surface area contributed by atoms with Gasteiger partial charge in [-0.1, -0.05) is 6.07 Å². The van der Waals surface area contributed by atoms with Crippen molar-refractivity contribution in [2.75, 3.05) is 6.61 Å². The zero-order valence-electron chi connectivity index (χ0n) is 9.57. The van der Waals surface area contributed by atoms with Crippen LogP contribution in [0.25, 0.3) is 0 Å². The van der Waals surface area contributed by atoms with Crippen molar-refractivity contribution in [1.29, 1.82) is 0 Å². The number of carbonyl (C=O) groups is 1. The van der Waals surface area contributed by atoms with Gasteiger partial charge in [-0.2, -0.15) is 0 Å². The molecule has 1 aromatic rings. The van der Waals surface area contributed by atoms with Crippen LogP contribution in [0.3, 0.4) is 0 Å². The van der Waals surface area contributed by atoms with Gasteiger partial charge >= 0.3 is 0 Å². The van der Waals surface area contributed by atoms with Gasteiger partial charge in [0.15, 0.2) is 0 Å². The number of nitrogens with zero attached hydrogens (tertiary/aromatic N) is 1. The molecule has 0 aliphatic rings. The molecule has 1 heterocycles. The fourth-order valence-corrected chi connectivity index (χ4v) is 1.37. The topological polar surface area (TPSA) is 62.2 Å². The van der Waals surface area contributed by atoms with Crippen molar-refractivity contribution < 1.29 is 9.90 Å². The molecule has 0 spiro atoms. The molecule has 16 heavy (non-hydrogen) atoms. The van der Waals surface area contributed by atoms with Gasteiger partial charge in [-0.05, 0) is 31.4 Å². The van der Waals surface area contributed by atoms with E-state index in [4.69, 9.17) is 5.11 Å². The van der Waals surface area contributed by atoms with E-state index in [0.717, 1.165) is 17.7 Å². The number of rotatable bonds is 6. The molecule has 4 nitrogen and oxygen atoms in total. The third-order valence-corrected chi connectivity index (χ3v) is 2.38. The van der Waals surface area contributed by atoms with Crippen LogP contribution >= 0.6 is 0 Å². The fourth-order valence-electron chi connectivity index (χ4n) is 1.37. The summed E-state index contributed by atoms with van der Waals surface area (Å²) < 4.78 is 0. The van der Waals surface area contributed by atoms with E-state index in [2.05, 4.69) is 10.3 Å². The highest BCUT2D eigenvalue weighted by Gasteiger charge is 2.03. The number of aromatic nitrogens is 1. The van der Waals surface area contributed by atoms with Crippen molar-refractivity contribution in [2.24, 2.45) is 0 Å². The monoisotopic (exact) mass is 222 g/mol. The molecule has 0 aromatic carbocycles. The van der Waals surface area contributed by atoms with Crippen LogP contribution in [0.2, 0.25) is 0 Å². The van der Waals surface area contributed by atoms with Crippen molar-refractivity contribution in [3.63, 3.8) is 0 Å². The number of hydrogen-bond donors (Lipinski definition) is 2. The lowest BCUT2D eigenvalue weighted by atomic mass is 10.2. The molecule has 0 saturated carbocycles. The molecule has 0 radical (unpaired) electrons. The van der Waals surface area contributed by atoms with Crippen molar-refractivity contribution in [3.8, 4) is 0 Å². The number of aliphatic hydroxyl groups excluding tert-OH is 1. The average Bonchev–Trinajstić information content (AvgIpc) is 2.28. The quantitative estimate of drug-likeness (QED) is 0.710. The first-order valence-corrected chi connectivity index (χ1v) is 5.52. The number of amides is 1. The molecule has 1 aromatic heterocycles. The maximum absolute atomic E-state index is 11.4. The van der Waals surface area contributed by atoms with Crippen molar-refractivity contribution >= 4 is 5.91 Å². The molecular formula is C12H18N2O2. The number of aryl methyl sites for hydroxylation is 1. The highest BCUT2D eigenvalue weighted by Crippen LogP contribution is 2.02. The van der Waals surface area contributed by atoms with Crippen LogP contribution in [-0.4, -0.2) is 22.6 Å². The molecule has 1 rings (SSSR count). The van der Waals surface area contributed by atoms with Crippen molar-refractivity contribution in [1.82, 2.24) is 10.3 Å². The van der Waals surface area contributed by atoms with Crippen LogP contribution in [0.5, 0.6) is 0 Å². The predicted molar refractivity (Wildman–Crippen MR) is 61.8 cm³/mol. The van der Waals surface area contributed by atoms with E-state index < -0.39 is 0 Å². The Kier molecular flexibility index (Phi) is 5.50. The maximum Gasteiger partial charge on any atom is 0.220 e. The van der Waals surface area contributed by atoms with Gasteiger partial charge in [-0.25, -0.2) is 0 Å². The summed E-state index contributed by atoms with van der Waals surface area (Å²) in [6, 6.07) is 3.85. The van der Waals surface area contributed by atoms with Crippen molar-refractivity contribution in [3.05, 3.63) is 29.6 Å². The van der Waals surface area contributed by atoms with E-state index >= 15 is 0 Å². The zero-order valence-corrected chi connectivity index (χ0v) is 9.57. The number of carbonyl (C=O) groups excluding carboxylic acids is 1. The van der Waals surface area contributed by atoms with Crippen LogP contribution < -0.4 is 5.32 Å². The largest absolute Gasteiger partial charge is 0.396 e. The lowest BCUT2D eigenvalue weighted by molar-refractivity contribution is -0.121. The summed E-state index contributed by atoms with van der Waals surface area (Å²) in [7, 11) is 0. The summed E-state index contributed by atoms with van der Waals surface area (Å²) in [6.45, 7) is 2.59. The summed E-state index contributed by atoms with van der Waals surface area (Å²) in [5.74, 6) is 0.0125.